The van der Waals surface area contributed by atoms with Crippen molar-refractivity contribution < 1.29 is 22.7 Å². The van der Waals surface area contributed by atoms with E-state index in [1.165, 1.54) is 12.1 Å². The lowest BCUT2D eigenvalue weighted by Gasteiger charge is -2.07. The number of rotatable bonds is 7. The van der Waals surface area contributed by atoms with E-state index in [0.717, 1.165) is 5.56 Å². The molecule has 0 aliphatic carbocycles. The number of hydrogen-bond acceptors (Lipinski definition) is 5. The SMILES string of the molecule is Cc1ccc(S(=O)(=O)CCC(=O)OCC(=O)Nc2ccccc2)cc1. The topological polar surface area (TPSA) is 89.5 Å². The van der Waals surface area contributed by atoms with Crippen molar-refractivity contribution in [2.75, 3.05) is 17.7 Å². The van der Waals surface area contributed by atoms with Crippen LogP contribution in [-0.2, 0) is 24.2 Å². The van der Waals surface area contributed by atoms with Crippen molar-refractivity contribution in [3.63, 3.8) is 0 Å². The number of ether oxygens (including phenoxy) is 1. The third-order valence-corrected chi connectivity index (χ3v) is 5.11. The number of para-hydroxylation sites is 1. The largest absolute Gasteiger partial charge is 0.456 e. The summed E-state index contributed by atoms with van der Waals surface area (Å²) in [6, 6.07) is 15.1. The predicted molar refractivity (Wildman–Crippen MR) is 93.9 cm³/mol. The van der Waals surface area contributed by atoms with Crippen LogP contribution in [0.15, 0.2) is 59.5 Å². The van der Waals surface area contributed by atoms with E-state index in [2.05, 4.69) is 5.32 Å². The average molecular weight is 361 g/mol. The molecule has 1 amide bonds. The molecule has 0 atom stereocenters. The second kappa shape index (κ2) is 8.43. The summed E-state index contributed by atoms with van der Waals surface area (Å²) < 4.78 is 29.1. The van der Waals surface area contributed by atoms with Crippen molar-refractivity contribution in [2.45, 2.75) is 18.2 Å². The summed E-state index contributed by atoms with van der Waals surface area (Å²) in [6.07, 6.45) is -0.311. The molecule has 6 nitrogen and oxygen atoms in total. The van der Waals surface area contributed by atoms with Crippen LogP contribution < -0.4 is 5.32 Å². The molecule has 2 aromatic carbocycles. The van der Waals surface area contributed by atoms with Crippen LogP contribution in [-0.4, -0.2) is 32.7 Å². The number of hydrogen-bond donors (Lipinski definition) is 1. The summed E-state index contributed by atoms with van der Waals surface area (Å²) in [6.45, 7) is 1.40. The minimum absolute atomic E-state index is 0.160. The fraction of sp³-hybridized carbons (Fsp3) is 0.222. The monoisotopic (exact) mass is 361 g/mol. The number of amides is 1. The Bertz CT molecular complexity index is 830. The second-order valence-corrected chi connectivity index (χ2v) is 7.57. The van der Waals surface area contributed by atoms with Crippen LogP contribution in [0.2, 0.25) is 0 Å². The van der Waals surface area contributed by atoms with Gasteiger partial charge in [-0.3, -0.25) is 9.59 Å². The van der Waals surface area contributed by atoms with Crippen LogP contribution in [0.25, 0.3) is 0 Å². The molecule has 0 heterocycles. The van der Waals surface area contributed by atoms with Crippen molar-refractivity contribution >= 4 is 27.4 Å². The molecule has 7 heteroatoms. The fourth-order valence-corrected chi connectivity index (χ4v) is 3.24. The van der Waals surface area contributed by atoms with Crippen LogP contribution >= 0.6 is 0 Å². The maximum absolute atomic E-state index is 12.1. The number of anilines is 1. The third kappa shape index (κ3) is 6.04. The number of nitrogens with one attached hydrogen (secondary N) is 1. The number of carbonyl (C=O) groups excluding carboxylic acids is 2. The Balaban J connectivity index is 1.78. The molecule has 0 aliphatic rings. The van der Waals surface area contributed by atoms with E-state index in [9.17, 15) is 18.0 Å². The van der Waals surface area contributed by atoms with E-state index in [0.29, 0.717) is 5.69 Å². The molecule has 0 aromatic heterocycles. The molecule has 2 aromatic rings. The molecule has 0 aliphatic heterocycles. The first-order chi connectivity index (χ1) is 11.9. The highest BCUT2D eigenvalue weighted by Crippen LogP contribution is 2.13. The molecule has 0 bridgehead atoms. The first-order valence-corrected chi connectivity index (χ1v) is 9.32. The zero-order valence-corrected chi connectivity index (χ0v) is 14.6. The van der Waals surface area contributed by atoms with Gasteiger partial charge in [0.1, 0.15) is 0 Å². The highest BCUT2D eigenvalue weighted by atomic mass is 32.2. The third-order valence-electron chi connectivity index (χ3n) is 3.38. The quantitative estimate of drug-likeness (QED) is 0.765. The molecule has 0 fully saturated rings. The number of aryl methyl sites for hydroxylation is 1. The molecule has 0 spiro atoms. The lowest BCUT2D eigenvalue weighted by atomic mass is 10.2. The molecule has 132 valence electrons. The van der Waals surface area contributed by atoms with Crippen LogP contribution in [0.4, 0.5) is 5.69 Å². The van der Waals surface area contributed by atoms with Gasteiger partial charge in [0.2, 0.25) is 0 Å². The molecular formula is C18H19NO5S. The predicted octanol–water partition coefficient (Wildman–Crippen LogP) is 2.34. The van der Waals surface area contributed by atoms with E-state index in [1.807, 2.05) is 13.0 Å². The Labute approximate surface area is 146 Å². The van der Waals surface area contributed by atoms with Gasteiger partial charge >= 0.3 is 5.97 Å². The second-order valence-electron chi connectivity index (χ2n) is 5.46. The minimum Gasteiger partial charge on any atom is -0.456 e. The first-order valence-electron chi connectivity index (χ1n) is 7.67. The molecule has 1 N–H and O–H groups in total. The highest BCUT2D eigenvalue weighted by Gasteiger charge is 2.17. The number of esters is 1. The molecule has 0 unspecified atom stereocenters. The molecule has 2 rings (SSSR count). The van der Waals surface area contributed by atoms with Gasteiger partial charge in [-0.2, -0.15) is 0 Å². The van der Waals surface area contributed by atoms with E-state index < -0.39 is 28.3 Å². The van der Waals surface area contributed by atoms with Gasteiger partial charge in [-0.15, -0.1) is 0 Å². The maximum Gasteiger partial charge on any atom is 0.307 e. The van der Waals surface area contributed by atoms with Crippen molar-refractivity contribution in [1.82, 2.24) is 0 Å². The van der Waals surface area contributed by atoms with E-state index in [1.54, 1.807) is 36.4 Å². The van der Waals surface area contributed by atoms with Gasteiger partial charge in [0.25, 0.3) is 5.91 Å². The van der Waals surface area contributed by atoms with Gasteiger partial charge in [-0.1, -0.05) is 35.9 Å². The van der Waals surface area contributed by atoms with Crippen LogP contribution in [0, 0.1) is 6.92 Å². The van der Waals surface area contributed by atoms with E-state index >= 15 is 0 Å². The lowest BCUT2D eigenvalue weighted by molar-refractivity contribution is -0.146. The summed E-state index contributed by atoms with van der Waals surface area (Å²) in [4.78, 5) is 23.5. The number of benzene rings is 2. The van der Waals surface area contributed by atoms with Crippen molar-refractivity contribution in [1.29, 1.82) is 0 Å². The molecule has 0 saturated carbocycles. The summed E-state index contributed by atoms with van der Waals surface area (Å²) in [7, 11) is -3.56. The zero-order valence-electron chi connectivity index (χ0n) is 13.8. The van der Waals surface area contributed by atoms with Gasteiger partial charge in [-0.25, -0.2) is 8.42 Å². The van der Waals surface area contributed by atoms with Crippen molar-refractivity contribution in [3.8, 4) is 0 Å². The number of sulfone groups is 1. The Morgan fingerprint density at radius 1 is 1.00 bits per heavy atom. The summed E-state index contributed by atoms with van der Waals surface area (Å²) in [5, 5.41) is 2.57. The van der Waals surface area contributed by atoms with Gasteiger partial charge < -0.3 is 10.1 Å². The standard InChI is InChI=1S/C18H19NO5S/c1-14-7-9-16(10-8-14)25(22,23)12-11-18(21)24-13-17(20)19-15-5-3-2-4-6-15/h2-10H,11-13H2,1H3,(H,19,20). The van der Waals surface area contributed by atoms with Gasteiger partial charge in [0.05, 0.1) is 17.1 Å². The Morgan fingerprint density at radius 3 is 2.28 bits per heavy atom. The lowest BCUT2D eigenvalue weighted by Crippen LogP contribution is -2.22. The van der Waals surface area contributed by atoms with E-state index in [-0.39, 0.29) is 17.1 Å². The smallest absolute Gasteiger partial charge is 0.307 e. The Kier molecular flexibility index (Phi) is 6.30. The Morgan fingerprint density at radius 2 is 1.64 bits per heavy atom. The highest BCUT2D eigenvalue weighted by molar-refractivity contribution is 7.91. The average Bonchev–Trinajstić information content (AvgIpc) is 2.59. The Hall–Kier alpha value is -2.67. The van der Waals surface area contributed by atoms with Crippen molar-refractivity contribution in [3.05, 3.63) is 60.2 Å². The summed E-state index contributed by atoms with van der Waals surface area (Å²) in [5.41, 5.74) is 1.54. The summed E-state index contributed by atoms with van der Waals surface area (Å²) >= 11 is 0. The maximum atomic E-state index is 12.1. The number of carbonyl (C=O) groups is 2. The molecule has 0 saturated heterocycles. The first kappa shape index (κ1) is 18.7. The van der Waals surface area contributed by atoms with Crippen LogP contribution in [0.3, 0.4) is 0 Å². The molecular weight excluding hydrogens is 342 g/mol. The van der Waals surface area contributed by atoms with Crippen LogP contribution in [0.5, 0.6) is 0 Å². The van der Waals surface area contributed by atoms with Gasteiger partial charge in [0, 0.05) is 5.69 Å². The fourth-order valence-electron chi connectivity index (χ4n) is 2.02. The van der Waals surface area contributed by atoms with E-state index in [4.69, 9.17) is 4.74 Å². The summed E-state index contributed by atoms with van der Waals surface area (Å²) in [5.74, 6) is -1.59. The normalized spacial score (nSPS) is 10.9. The minimum atomic E-state index is -3.56. The zero-order chi connectivity index (χ0) is 18.3. The van der Waals surface area contributed by atoms with Gasteiger partial charge in [0.15, 0.2) is 16.4 Å². The van der Waals surface area contributed by atoms with Gasteiger partial charge in [-0.05, 0) is 31.2 Å². The molecule has 25 heavy (non-hydrogen) atoms. The van der Waals surface area contributed by atoms with Crippen LogP contribution in [0.1, 0.15) is 12.0 Å². The van der Waals surface area contributed by atoms with Crippen molar-refractivity contribution in [2.24, 2.45) is 0 Å². The molecule has 0 radical (unpaired) electrons.